The second kappa shape index (κ2) is 9.46. The molecule has 0 saturated carbocycles. The molecule has 0 spiro atoms. The van der Waals surface area contributed by atoms with E-state index in [1.54, 1.807) is 24.4 Å². The molecule has 0 saturated heterocycles. The molecule has 1 amide bonds. The summed E-state index contributed by atoms with van der Waals surface area (Å²) in [4.78, 5) is 28.6. The molecule has 0 bridgehead atoms. The average Bonchev–Trinajstić information content (AvgIpc) is 3.35. The Morgan fingerprint density at radius 1 is 1.09 bits per heavy atom. The van der Waals surface area contributed by atoms with Crippen molar-refractivity contribution < 1.29 is 14.3 Å². The predicted octanol–water partition coefficient (Wildman–Crippen LogP) is 3.83. The zero-order chi connectivity index (χ0) is 23.5. The molecule has 0 unspecified atom stereocenters. The number of imidazole rings is 1. The highest BCUT2D eigenvalue weighted by Crippen LogP contribution is 2.20. The van der Waals surface area contributed by atoms with Crippen LogP contribution >= 0.6 is 11.6 Å². The fourth-order valence-corrected chi connectivity index (χ4v) is 3.91. The highest BCUT2D eigenvalue weighted by molar-refractivity contribution is 6.30. The summed E-state index contributed by atoms with van der Waals surface area (Å²) < 4.78 is 8.38. The fraction of sp³-hybridized carbons (Fsp3) is 0.250. The van der Waals surface area contributed by atoms with Gasteiger partial charge in [-0.2, -0.15) is 5.10 Å². The van der Waals surface area contributed by atoms with Gasteiger partial charge in [-0.3, -0.25) is 9.59 Å². The highest BCUT2D eigenvalue weighted by atomic mass is 35.5. The lowest BCUT2D eigenvalue weighted by molar-refractivity contribution is -0.140. The second-order valence-corrected chi connectivity index (χ2v) is 8.15. The molecule has 0 atom stereocenters. The molecular formula is C24H24ClN5O3. The van der Waals surface area contributed by atoms with Crippen LogP contribution in [-0.4, -0.2) is 38.2 Å². The van der Waals surface area contributed by atoms with Crippen LogP contribution in [-0.2, 0) is 22.5 Å². The summed E-state index contributed by atoms with van der Waals surface area (Å²) in [5, 5.41) is 8.12. The molecule has 1 aromatic carbocycles. The lowest BCUT2D eigenvalue weighted by atomic mass is 10.1. The van der Waals surface area contributed by atoms with Crippen molar-refractivity contribution in [1.82, 2.24) is 24.5 Å². The zero-order valence-corrected chi connectivity index (χ0v) is 19.4. The number of aromatic nitrogens is 4. The molecule has 33 heavy (non-hydrogen) atoms. The average molecular weight is 466 g/mol. The van der Waals surface area contributed by atoms with Gasteiger partial charge in [0, 0.05) is 30.1 Å². The molecule has 1 N–H and O–H groups in total. The van der Waals surface area contributed by atoms with Crippen LogP contribution in [0.1, 0.15) is 39.4 Å². The third-order valence-corrected chi connectivity index (χ3v) is 5.74. The van der Waals surface area contributed by atoms with Crippen molar-refractivity contribution in [3.63, 3.8) is 0 Å². The number of ether oxygens (including phenoxy) is 1. The van der Waals surface area contributed by atoms with Crippen LogP contribution in [0.15, 0.2) is 48.8 Å². The van der Waals surface area contributed by atoms with Gasteiger partial charge in [-0.05, 0) is 62.2 Å². The Balaban J connectivity index is 1.43. The minimum atomic E-state index is -0.246. The van der Waals surface area contributed by atoms with Crippen molar-refractivity contribution in [3.8, 4) is 5.69 Å². The van der Waals surface area contributed by atoms with E-state index >= 15 is 0 Å². The number of amides is 1. The number of fused-ring (bicyclic) bond motifs is 1. The Morgan fingerprint density at radius 2 is 1.85 bits per heavy atom. The van der Waals surface area contributed by atoms with Crippen molar-refractivity contribution in [2.75, 3.05) is 7.11 Å². The van der Waals surface area contributed by atoms with E-state index in [1.165, 1.54) is 7.11 Å². The number of nitrogens with one attached hydrogen (secondary N) is 1. The Kier molecular flexibility index (Phi) is 6.46. The summed E-state index contributed by atoms with van der Waals surface area (Å²) in [6.45, 7) is 4.20. The van der Waals surface area contributed by atoms with Gasteiger partial charge in [-0.15, -0.1) is 0 Å². The van der Waals surface area contributed by atoms with Gasteiger partial charge >= 0.3 is 5.97 Å². The predicted molar refractivity (Wildman–Crippen MR) is 125 cm³/mol. The van der Waals surface area contributed by atoms with Gasteiger partial charge in [0.15, 0.2) is 0 Å². The molecule has 0 aliphatic rings. The number of halogens is 1. The van der Waals surface area contributed by atoms with Gasteiger partial charge in [-0.1, -0.05) is 11.6 Å². The van der Waals surface area contributed by atoms with E-state index < -0.39 is 0 Å². The van der Waals surface area contributed by atoms with Crippen LogP contribution in [0.4, 0.5) is 0 Å². The quantitative estimate of drug-likeness (QED) is 0.419. The molecule has 3 aromatic heterocycles. The first-order valence-electron chi connectivity index (χ1n) is 10.5. The first kappa shape index (κ1) is 22.5. The number of hydrogen-bond donors (Lipinski definition) is 1. The number of carbonyl (C=O) groups is 2. The number of methoxy groups -OCH3 is 1. The van der Waals surface area contributed by atoms with Crippen LogP contribution in [0.2, 0.25) is 5.02 Å². The van der Waals surface area contributed by atoms with Crippen LogP contribution in [0, 0.1) is 13.8 Å². The third kappa shape index (κ3) is 4.90. The van der Waals surface area contributed by atoms with Gasteiger partial charge in [0.2, 0.25) is 0 Å². The summed E-state index contributed by atoms with van der Waals surface area (Å²) in [5.74, 6) is -0.437. The maximum Gasteiger partial charge on any atom is 0.305 e. The number of hydrogen-bond acceptors (Lipinski definition) is 5. The fourth-order valence-electron chi connectivity index (χ4n) is 3.75. The van der Waals surface area contributed by atoms with Crippen LogP contribution in [0.5, 0.6) is 0 Å². The molecule has 0 aliphatic carbocycles. The first-order valence-corrected chi connectivity index (χ1v) is 10.9. The zero-order valence-electron chi connectivity index (χ0n) is 18.6. The Hall–Kier alpha value is -3.65. The number of aryl methyl sites for hydroxylation is 1. The number of esters is 1. The van der Waals surface area contributed by atoms with E-state index in [-0.39, 0.29) is 11.9 Å². The lowest BCUT2D eigenvalue weighted by Gasteiger charge is -2.08. The number of benzene rings is 1. The van der Waals surface area contributed by atoms with Crippen LogP contribution in [0.3, 0.4) is 0 Å². The SMILES string of the molecule is COC(=O)CCc1c(C)nn(-c2ccc(C(=O)NCc3cn4cc(Cl)ccc4n3)cc2)c1C. The van der Waals surface area contributed by atoms with Gasteiger partial charge in [0.1, 0.15) is 5.65 Å². The van der Waals surface area contributed by atoms with Crippen molar-refractivity contribution in [2.24, 2.45) is 0 Å². The van der Waals surface area contributed by atoms with Crippen molar-refractivity contribution >= 4 is 29.1 Å². The van der Waals surface area contributed by atoms with Gasteiger partial charge < -0.3 is 14.5 Å². The number of rotatable bonds is 7. The minimum Gasteiger partial charge on any atom is -0.469 e. The van der Waals surface area contributed by atoms with Crippen molar-refractivity contribution in [3.05, 3.63) is 82.0 Å². The summed E-state index contributed by atoms with van der Waals surface area (Å²) in [5.41, 5.74) is 5.74. The summed E-state index contributed by atoms with van der Waals surface area (Å²) in [6.07, 6.45) is 4.49. The molecule has 3 heterocycles. The minimum absolute atomic E-state index is 0.191. The van der Waals surface area contributed by atoms with E-state index in [2.05, 4.69) is 15.4 Å². The Bertz CT molecular complexity index is 1320. The normalized spacial score (nSPS) is 11.0. The van der Waals surface area contributed by atoms with Gasteiger partial charge in [-0.25, -0.2) is 9.67 Å². The molecule has 0 fully saturated rings. The largest absolute Gasteiger partial charge is 0.469 e. The Labute approximate surface area is 196 Å². The smallest absolute Gasteiger partial charge is 0.305 e. The number of carbonyl (C=O) groups excluding carboxylic acids is 2. The maximum atomic E-state index is 12.6. The molecular weight excluding hydrogens is 442 g/mol. The van der Waals surface area contributed by atoms with Crippen molar-refractivity contribution in [2.45, 2.75) is 33.2 Å². The van der Waals surface area contributed by atoms with E-state index in [1.807, 2.05) is 47.3 Å². The van der Waals surface area contributed by atoms with E-state index in [0.717, 1.165) is 34.0 Å². The molecule has 8 nitrogen and oxygen atoms in total. The monoisotopic (exact) mass is 465 g/mol. The van der Waals surface area contributed by atoms with Crippen LogP contribution in [0.25, 0.3) is 11.3 Å². The maximum absolute atomic E-state index is 12.6. The number of pyridine rings is 1. The third-order valence-electron chi connectivity index (χ3n) is 5.52. The highest BCUT2D eigenvalue weighted by Gasteiger charge is 2.15. The Morgan fingerprint density at radius 3 is 2.58 bits per heavy atom. The summed E-state index contributed by atoms with van der Waals surface area (Å²) >= 11 is 6.00. The van der Waals surface area contributed by atoms with Crippen LogP contribution < -0.4 is 5.32 Å². The molecule has 0 radical (unpaired) electrons. The molecule has 170 valence electrons. The molecule has 4 aromatic rings. The summed E-state index contributed by atoms with van der Waals surface area (Å²) in [7, 11) is 1.39. The molecule has 9 heteroatoms. The molecule has 4 rings (SSSR count). The summed E-state index contributed by atoms with van der Waals surface area (Å²) in [6, 6.07) is 10.8. The van der Waals surface area contributed by atoms with E-state index in [0.29, 0.717) is 30.0 Å². The van der Waals surface area contributed by atoms with Crippen molar-refractivity contribution in [1.29, 1.82) is 0 Å². The number of nitrogens with zero attached hydrogens (tertiary/aromatic N) is 4. The second-order valence-electron chi connectivity index (χ2n) is 7.71. The standard InChI is InChI=1S/C24H24ClN5O3/c1-15-21(9-11-23(31)33-3)16(2)30(28-15)20-7-4-17(5-8-20)24(32)26-12-19-14-29-13-18(25)6-10-22(29)27-19/h4-8,10,13-14H,9,11-12H2,1-3H3,(H,26,32). The van der Waals surface area contributed by atoms with Gasteiger partial charge in [0.25, 0.3) is 5.91 Å². The first-order chi connectivity index (χ1) is 15.9. The molecule has 0 aliphatic heterocycles. The van der Waals surface area contributed by atoms with E-state index in [4.69, 9.17) is 16.3 Å². The van der Waals surface area contributed by atoms with Gasteiger partial charge in [0.05, 0.1) is 35.8 Å². The van der Waals surface area contributed by atoms with E-state index in [9.17, 15) is 9.59 Å². The lowest BCUT2D eigenvalue weighted by Crippen LogP contribution is -2.22. The topological polar surface area (TPSA) is 90.5 Å².